The normalized spacial score (nSPS) is 24.8. The summed E-state index contributed by atoms with van der Waals surface area (Å²) in [6, 6.07) is 0. The molecule has 0 aromatic rings. The van der Waals surface area contributed by atoms with Gasteiger partial charge in [-0.1, -0.05) is 32.3 Å². The zero-order valence-corrected chi connectivity index (χ0v) is 14.1. The Balaban J connectivity index is 2.86. The molecule has 0 saturated heterocycles. The number of rotatable bonds is 6. The third-order valence-electron chi connectivity index (χ3n) is 4.61. The Hall–Kier alpha value is -1.12. The molecule has 0 aliphatic heterocycles. The van der Waals surface area contributed by atoms with Crippen molar-refractivity contribution in [3.63, 3.8) is 0 Å². The van der Waals surface area contributed by atoms with Crippen LogP contribution in [0.15, 0.2) is 11.6 Å². The van der Waals surface area contributed by atoms with Crippen molar-refractivity contribution in [3.8, 4) is 0 Å². The molecular weight excluding hydrogens is 264 g/mol. The molecule has 0 radical (unpaired) electrons. The molecule has 0 spiro atoms. The van der Waals surface area contributed by atoms with Crippen LogP contribution < -0.4 is 0 Å². The summed E-state index contributed by atoms with van der Waals surface area (Å²) in [5.74, 6) is 0.177. The van der Waals surface area contributed by atoms with Crippen LogP contribution in [-0.4, -0.2) is 18.4 Å². The molecule has 2 unspecified atom stereocenters. The zero-order chi connectivity index (χ0) is 16.0. The van der Waals surface area contributed by atoms with E-state index in [-0.39, 0.29) is 17.7 Å². The van der Waals surface area contributed by atoms with Crippen LogP contribution in [-0.2, 0) is 14.3 Å². The van der Waals surface area contributed by atoms with E-state index in [1.807, 2.05) is 20.8 Å². The first kappa shape index (κ1) is 17.9. The van der Waals surface area contributed by atoms with Gasteiger partial charge in [-0.25, -0.2) is 0 Å². The van der Waals surface area contributed by atoms with Gasteiger partial charge in [0.1, 0.15) is 5.92 Å². The standard InChI is InChI=1S/C18H30O3/c1-6-21-18(20)17(16(19)11-12(2)3)14(5)15-9-7-13(4)8-10-15/h11,13-15,17H,6-10H2,1-5H3. The number of hydrogen-bond acceptors (Lipinski definition) is 3. The maximum atomic E-state index is 12.4. The lowest BCUT2D eigenvalue weighted by Gasteiger charge is -2.33. The van der Waals surface area contributed by atoms with E-state index in [4.69, 9.17) is 4.74 Å². The maximum absolute atomic E-state index is 12.4. The Kier molecular flexibility index (Phi) is 7.13. The highest BCUT2D eigenvalue weighted by molar-refractivity contribution is 6.05. The Labute approximate surface area is 129 Å². The average Bonchev–Trinajstić information content (AvgIpc) is 2.38. The SMILES string of the molecule is CCOC(=O)C(C(=O)C=C(C)C)C(C)C1CCC(C)CC1. The molecule has 0 bridgehead atoms. The summed E-state index contributed by atoms with van der Waals surface area (Å²) in [7, 11) is 0. The van der Waals surface area contributed by atoms with Gasteiger partial charge in [-0.15, -0.1) is 0 Å². The number of allylic oxidation sites excluding steroid dienone is 2. The first-order valence-electron chi connectivity index (χ1n) is 8.22. The van der Waals surface area contributed by atoms with Crippen LogP contribution >= 0.6 is 0 Å². The number of carbonyl (C=O) groups excluding carboxylic acids is 2. The van der Waals surface area contributed by atoms with Gasteiger partial charge >= 0.3 is 5.97 Å². The van der Waals surface area contributed by atoms with Gasteiger partial charge in [0.05, 0.1) is 6.61 Å². The molecule has 120 valence electrons. The van der Waals surface area contributed by atoms with Crippen LogP contribution in [0.25, 0.3) is 0 Å². The van der Waals surface area contributed by atoms with Crippen molar-refractivity contribution in [1.29, 1.82) is 0 Å². The van der Waals surface area contributed by atoms with Gasteiger partial charge in [-0.2, -0.15) is 0 Å². The summed E-state index contributed by atoms with van der Waals surface area (Å²) in [6.07, 6.45) is 6.20. The fourth-order valence-electron chi connectivity index (χ4n) is 3.28. The van der Waals surface area contributed by atoms with Gasteiger partial charge in [-0.3, -0.25) is 9.59 Å². The molecule has 1 aliphatic rings. The Morgan fingerprint density at radius 1 is 1.19 bits per heavy atom. The predicted octanol–water partition coefficient (Wildman–Crippen LogP) is 4.16. The third-order valence-corrected chi connectivity index (χ3v) is 4.61. The first-order chi connectivity index (χ1) is 9.86. The molecule has 0 amide bonds. The molecule has 2 atom stereocenters. The van der Waals surface area contributed by atoms with Crippen molar-refractivity contribution >= 4 is 11.8 Å². The molecule has 0 aromatic heterocycles. The second-order valence-electron chi connectivity index (χ2n) is 6.73. The summed E-state index contributed by atoms with van der Waals surface area (Å²) in [4.78, 5) is 24.7. The quantitative estimate of drug-likeness (QED) is 0.419. The van der Waals surface area contributed by atoms with Crippen molar-refractivity contribution < 1.29 is 14.3 Å². The van der Waals surface area contributed by atoms with Gasteiger partial charge in [0.25, 0.3) is 0 Å². The van der Waals surface area contributed by atoms with E-state index in [1.54, 1.807) is 13.0 Å². The van der Waals surface area contributed by atoms with Crippen LogP contribution in [0.3, 0.4) is 0 Å². The molecule has 0 aromatic carbocycles. The smallest absolute Gasteiger partial charge is 0.317 e. The molecule has 0 heterocycles. The predicted molar refractivity (Wildman–Crippen MR) is 84.8 cm³/mol. The van der Waals surface area contributed by atoms with Crippen molar-refractivity contribution in [3.05, 3.63) is 11.6 Å². The Morgan fingerprint density at radius 3 is 2.24 bits per heavy atom. The van der Waals surface area contributed by atoms with E-state index < -0.39 is 5.92 Å². The molecular formula is C18H30O3. The molecule has 1 aliphatic carbocycles. The van der Waals surface area contributed by atoms with Gasteiger partial charge in [-0.05, 0) is 57.4 Å². The maximum Gasteiger partial charge on any atom is 0.317 e. The Bertz CT molecular complexity index is 385. The minimum atomic E-state index is -0.641. The number of ketones is 1. The van der Waals surface area contributed by atoms with Crippen molar-refractivity contribution in [2.45, 2.75) is 60.3 Å². The summed E-state index contributed by atoms with van der Waals surface area (Å²) < 4.78 is 5.15. The topological polar surface area (TPSA) is 43.4 Å². The lowest BCUT2D eigenvalue weighted by atomic mass is 9.71. The number of esters is 1. The average molecular weight is 294 g/mol. The van der Waals surface area contributed by atoms with Gasteiger partial charge in [0.15, 0.2) is 5.78 Å². The highest BCUT2D eigenvalue weighted by Gasteiger charge is 2.37. The number of hydrogen-bond donors (Lipinski definition) is 0. The molecule has 3 nitrogen and oxygen atoms in total. The lowest BCUT2D eigenvalue weighted by molar-refractivity contribution is -0.153. The van der Waals surface area contributed by atoms with Crippen LogP contribution in [0.2, 0.25) is 0 Å². The van der Waals surface area contributed by atoms with Crippen molar-refractivity contribution in [2.75, 3.05) is 6.61 Å². The van der Waals surface area contributed by atoms with Crippen molar-refractivity contribution in [2.24, 2.45) is 23.7 Å². The minimum absolute atomic E-state index is 0.0552. The van der Waals surface area contributed by atoms with E-state index in [0.29, 0.717) is 12.5 Å². The molecule has 0 N–H and O–H groups in total. The van der Waals surface area contributed by atoms with Gasteiger partial charge in [0, 0.05) is 0 Å². The first-order valence-corrected chi connectivity index (χ1v) is 8.22. The van der Waals surface area contributed by atoms with Crippen LogP contribution in [0, 0.1) is 23.7 Å². The summed E-state index contributed by atoms with van der Waals surface area (Å²) >= 11 is 0. The molecule has 1 saturated carbocycles. The lowest BCUT2D eigenvalue weighted by Crippen LogP contribution is -2.36. The fourth-order valence-corrected chi connectivity index (χ4v) is 3.28. The van der Waals surface area contributed by atoms with Crippen LogP contribution in [0.5, 0.6) is 0 Å². The highest BCUT2D eigenvalue weighted by Crippen LogP contribution is 2.37. The number of carbonyl (C=O) groups is 2. The summed E-state index contributed by atoms with van der Waals surface area (Å²) in [5, 5.41) is 0. The van der Waals surface area contributed by atoms with E-state index in [2.05, 4.69) is 6.92 Å². The van der Waals surface area contributed by atoms with Crippen LogP contribution in [0.4, 0.5) is 0 Å². The zero-order valence-electron chi connectivity index (χ0n) is 14.1. The van der Waals surface area contributed by atoms with E-state index in [9.17, 15) is 9.59 Å². The Morgan fingerprint density at radius 2 is 1.76 bits per heavy atom. The molecule has 21 heavy (non-hydrogen) atoms. The van der Waals surface area contributed by atoms with Gasteiger partial charge in [0.2, 0.25) is 0 Å². The van der Waals surface area contributed by atoms with Crippen molar-refractivity contribution in [1.82, 2.24) is 0 Å². The molecule has 1 rings (SSSR count). The number of ether oxygens (including phenoxy) is 1. The highest BCUT2D eigenvalue weighted by atomic mass is 16.5. The van der Waals surface area contributed by atoms with Crippen LogP contribution in [0.1, 0.15) is 60.3 Å². The second kappa shape index (κ2) is 8.35. The summed E-state index contributed by atoms with van der Waals surface area (Å²) in [6.45, 7) is 10.2. The van der Waals surface area contributed by atoms with E-state index in [1.165, 1.54) is 12.8 Å². The molecule has 1 fully saturated rings. The van der Waals surface area contributed by atoms with Gasteiger partial charge < -0.3 is 4.74 Å². The third kappa shape index (κ3) is 5.29. The second-order valence-corrected chi connectivity index (χ2v) is 6.73. The minimum Gasteiger partial charge on any atom is -0.465 e. The van der Waals surface area contributed by atoms with E-state index >= 15 is 0 Å². The molecule has 3 heteroatoms. The van der Waals surface area contributed by atoms with E-state index in [0.717, 1.165) is 24.3 Å². The largest absolute Gasteiger partial charge is 0.465 e. The summed E-state index contributed by atoms with van der Waals surface area (Å²) in [5.41, 5.74) is 0.929. The fraction of sp³-hybridized carbons (Fsp3) is 0.778. The monoisotopic (exact) mass is 294 g/mol.